The van der Waals surface area contributed by atoms with Gasteiger partial charge in [-0.1, -0.05) is 12.1 Å². The molecule has 1 atom stereocenters. The highest BCUT2D eigenvalue weighted by Gasteiger charge is 2.42. The first-order valence-corrected chi connectivity index (χ1v) is 10.4. The van der Waals surface area contributed by atoms with Crippen molar-refractivity contribution in [2.24, 2.45) is 0 Å². The molecule has 0 radical (unpaired) electrons. The van der Waals surface area contributed by atoms with Crippen LogP contribution in [0.1, 0.15) is 30.1 Å². The fraction of sp³-hybridized carbons (Fsp3) is 0.524. The summed E-state index contributed by atoms with van der Waals surface area (Å²) in [6, 6.07) is 6.45. The van der Waals surface area contributed by atoms with Crippen LogP contribution < -0.4 is 4.90 Å². The third kappa shape index (κ3) is 3.59. The molecule has 0 bridgehead atoms. The first-order chi connectivity index (χ1) is 14.5. The molecule has 3 aliphatic rings. The van der Waals surface area contributed by atoms with Gasteiger partial charge in [0.25, 0.3) is 5.91 Å². The summed E-state index contributed by atoms with van der Waals surface area (Å²) in [5.74, 6) is -0.552. The minimum atomic E-state index is -0.515. The lowest BCUT2D eigenvalue weighted by Crippen LogP contribution is -2.54. The Morgan fingerprint density at radius 3 is 2.47 bits per heavy atom. The van der Waals surface area contributed by atoms with E-state index in [9.17, 15) is 19.2 Å². The lowest BCUT2D eigenvalue weighted by atomic mass is 10.1. The zero-order chi connectivity index (χ0) is 21.3. The molecule has 0 aliphatic carbocycles. The van der Waals surface area contributed by atoms with Crippen molar-refractivity contribution in [2.75, 3.05) is 50.8 Å². The van der Waals surface area contributed by atoms with Gasteiger partial charge in [0.2, 0.25) is 11.8 Å². The smallest absolute Gasteiger partial charge is 0.409 e. The summed E-state index contributed by atoms with van der Waals surface area (Å²) >= 11 is 0. The van der Waals surface area contributed by atoms with E-state index in [-0.39, 0.29) is 30.4 Å². The molecule has 0 N–H and O–H groups in total. The molecule has 1 aromatic carbocycles. The average molecular weight is 414 g/mol. The monoisotopic (exact) mass is 414 g/mol. The van der Waals surface area contributed by atoms with Crippen LogP contribution in [0, 0.1) is 0 Å². The molecular formula is C21H26N4O5. The van der Waals surface area contributed by atoms with Gasteiger partial charge in [-0.05, 0) is 31.9 Å². The lowest BCUT2D eigenvalue weighted by molar-refractivity contribution is -0.133. The quantitative estimate of drug-likeness (QED) is 0.734. The van der Waals surface area contributed by atoms with Crippen LogP contribution >= 0.6 is 0 Å². The van der Waals surface area contributed by atoms with E-state index >= 15 is 0 Å². The topological polar surface area (TPSA) is 90.5 Å². The second-order valence-corrected chi connectivity index (χ2v) is 7.66. The van der Waals surface area contributed by atoms with Crippen molar-refractivity contribution in [1.29, 1.82) is 0 Å². The van der Waals surface area contributed by atoms with Crippen LogP contribution in [-0.4, -0.2) is 90.4 Å². The molecule has 160 valence electrons. The number of anilines is 1. The van der Waals surface area contributed by atoms with Gasteiger partial charge in [0.05, 0.1) is 17.9 Å². The van der Waals surface area contributed by atoms with Crippen molar-refractivity contribution in [3.05, 3.63) is 29.8 Å². The molecule has 30 heavy (non-hydrogen) atoms. The summed E-state index contributed by atoms with van der Waals surface area (Å²) in [7, 11) is 0. The highest BCUT2D eigenvalue weighted by Crippen LogP contribution is 2.32. The molecule has 0 spiro atoms. The van der Waals surface area contributed by atoms with Crippen molar-refractivity contribution >= 4 is 29.5 Å². The number of benzene rings is 1. The van der Waals surface area contributed by atoms with E-state index in [1.807, 2.05) is 0 Å². The number of carbonyl (C=O) groups is 4. The van der Waals surface area contributed by atoms with Gasteiger partial charge in [-0.2, -0.15) is 0 Å². The maximum absolute atomic E-state index is 13.3. The van der Waals surface area contributed by atoms with E-state index in [0.717, 1.165) is 6.42 Å². The normalized spacial score (nSPS) is 21.3. The van der Waals surface area contributed by atoms with Gasteiger partial charge < -0.3 is 24.3 Å². The van der Waals surface area contributed by atoms with Crippen molar-refractivity contribution in [1.82, 2.24) is 14.7 Å². The Morgan fingerprint density at radius 1 is 1.03 bits per heavy atom. The van der Waals surface area contributed by atoms with Crippen molar-refractivity contribution in [3.8, 4) is 0 Å². The van der Waals surface area contributed by atoms with Crippen LogP contribution in [0.5, 0.6) is 0 Å². The zero-order valence-electron chi connectivity index (χ0n) is 17.1. The van der Waals surface area contributed by atoms with Crippen molar-refractivity contribution in [3.63, 3.8) is 0 Å². The van der Waals surface area contributed by atoms with Crippen LogP contribution in [0.2, 0.25) is 0 Å². The first-order valence-electron chi connectivity index (χ1n) is 10.4. The number of para-hydroxylation sites is 1. The van der Waals surface area contributed by atoms with Crippen LogP contribution in [0.3, 0.4) is 0 Å². The Kier molecular flexibility index (Phi) is 5.61. The van der Waals surface area contributed by atoms with Crippen LogP contribution in [0.4, 0.5) is 10.5 Å². The third-order valence-corrected chi connectivity index (χ3v) is 5.94. The maximum atomic E-state index is 13.3. The van der Waals surface area contributed by atoms with E-state index in [1.165, 1.54) is 4.90 Å². The summed E-state index contributed by atoms with van der Waals surface area (Å²) in [4.78, 5) is 57.4. The molecular weight excluding hydrogens is 388 g/mol. The first kappa shape index (κ1) is 20.2. The summed E-state index contributed by atoms with van der Waals surface area (Å²) in [6.45, 7) is 4.06. The predicted molar refractivity (Wildman–Crippen MR) is 108 cm³/mol. The number of nitrogens with zero attached hydrogens (tertiary/aromatic N) is 4. The van der Waals surface area contributed by atoms with Gasteiger partial charge in [-0.25, -0.2) is 4.79 Å². The molecule has 4 amide bonds. The summed E-state index contributed by atoms with van der Waals surface area (Å²) in [6.07, 6.45) is 1.02. The average Bonchev–Trinajstić information content (AvgIpc) is 3.24. The second-order valence-electron chi connectivity index (χ2n) is 7.66. The minimum Gasteiger partial charge on any atom is -0.450 e. The van der Waals surface area contributed by atoms with Crippen LogP contribution in [-0.2, 0) is 14.3 Å². The minimum absolute atomic E-state index is 0.118. The number of amides is 4. The number of hydrogen-bond acceptors (Lipinski definition) is 5. The molecule has 9 heteroatoms. The Balaban J connectivity index is 1.50. The van der Waals surface area contributed by atoms with Gasteiger partial charge in [0.15, 0.2) is 0 Å². The zero-order valence-corrected chi connectivity index (χ0v) is 17.1. The van der Waals surface area contributed by atoms with E-state index in [0.29, 0.717) is 57.0 Å². The molecule has 2 saturated heterocycles. The fourth-order valence-electron chi connectivity index (χ4n) is 4.36. The van der Waals surface area contributed by atoms with E-state index in [2.05, 4.69) is 0 Å². The Morgan fingerprint density at radius 2 is 1.73 bits per heavy atom. The summed E-state index contributed by atoms with van der Waals surface area (Å²) < 4.78 is 5.01. The van der Waals surface area contributed by atoms with Gasteiger partial charge in [0.1, 0.15) is 12.6 Å². The Bertz CT molecular complexity index is 865. The molecule has 1 unspecified atom stereocenters. The molecule has 1 aromatic rings. The molecule has 0 aromatic heterocycles. The third-order valence-electron chi connectivity index (χ3n) is 5.94. The Hall–Kier alpha value is -3.10. The standard InChI is InChI=1S/C21H26N4O5/c1-2-30-21(29)23-12-10-22(11-13-23)18(26)14-25-16-7-4-3-6-15(16)19(27)24-9-5-8-17(24)20(25)28/h3-4,6-7,17H,2,5,8-14H2,1H3. The molecule has 2 fully saturated rings. The number of piperazine rings is 1. The number of hydrogen-bond donors (Lipinski definition) is 0. The van der Waals surface area contributed by atoms with E-state index in [1.54, 1.807) is 45.9 Å². The molecule has 0 saturated carbocycles. The maximum Gasteiger partial charge on any atom is 0.409 e. The lowest BCUT2D eigenvalue weighted by Gasteiger charge is -2.35. The van der Waals surface area contributed by atoms with Gasteiger partial charge >= 0.3 is 6.09 Å². The van der Waals surface area contributed by atoms with E-state index < -0.39 is 6.04 Å². The van der Waals surface area contributed by atoms with Gasteiger partial charge in [0, 0.05) is 32.7 Å². The molecule has 3 heterocycles. The van der Waals surface area contributed by atoms with Gasteiger partial charge in [-0.3, -0.25) is 14.4 Å². The van der Waals surface area contributed by atoms with Crippen molar-refractivity contribution in [2.45, 2.75) is 25.8 Å². The second kappa shape index (κ2) is 8.33. The fourth-order valence-corrected chi connectivity index (χ4v) is 4.36. The molecule has 3 aliphatic heterocycles. The molecule has 9 nitrogen and oxygen atoms in total. The number of rotatable bonds is 3. The SMILES string of the molecule is CCOC(=O)N1CCN(C(=O)CN2C(=O)C3CCCN3C(=O)c3ccccc32)CC1. The van der Waals surface area contributed by atoms with Crippen molar-refractivity contribution < 1.29 is 23.9 Å². The van der Waals surface area contributed by atoms with Crippen LogP contribution in [0.15, 0.2) is 24.3 Å². The largest absolute Gasteiger partial charge is 0.450 e. The predicted octanol–water partition coefficient (Wildman–Crippen LogP) is 0.939. The number of ether oxygens (including phenoxy) is 1. The van der Waals surface area contributed by atoms with Crippen LogP contribution in [0.25, 0.3) is 0 Å². The highest BCUT2D eigenvalue weighted by molar-refractivity contribution is 6.12. The molecule has 4 rings (SSSR count). The number of fused-ring (bicyclic) bond motifs is 2. The van der Waals surface area contributed by atoms with Gasteiger partial charge in [-0.15, -0.1) is 0 Å². The Labute approximate surface area is 175 Å². The summed E-state index contributed by atoms with van der Waals surface area (Å²) in [5, 5.41) is 0. The summed E-state index contributed by atoms with van der Waals surface area (Å²) in [5.41, 5.74) is 0.940. The number of carbonyl (C=O) groups excluding carboxylic acids is 4. The highest BCUT2D eigenvalue weighted by atomic mass is 16.6. The van der Waals surface area contributed by atoms with E-state index in [4.69, 9.17) is 4.74 Å².